The third-order valence-electron chi connectivity index (χ3n) is 4.14. The molecule has 6 heteroatoms. The Bertz CT molecular complexity index is 943. The van der Waals surface area contributed by atoms with Crippen molar-refractivity contribution in [3.05, 3.63) is 82.1 Å². The molecule has 3 rings (SSSR count). The number of aryl methyl sites for hydroxylation is 1. The first-order chi connectivity index (χ1) is 12.5. The summed E-state index contributed by atoms with van der Waals surface area (Å²) in [4.78, 5) is 20.9. The van der Waals surface area contributed by atoms with E-state index in [0.717, 1.165) is 16.8 Å². The average molecular weight is 367 g/mol. The maximum atomic E-state index is 12.4. The van der Waals surface area contributed by atoms with Crippen LogP contribution in [-0.4, -0.2) is 15.9 Å². The summed E-state index contributed by atoms with van der Waals surface area (Å²) in [7, 11) is 0. The molecule has 26 heavy (non-hydrogen) atoms. The van der Waals surface area contributed by atoms with Gasteiger partial charge in [0.05, 0.1) is 0 Å². The van der Waals surface area contributed by atoms with E-state index in [1.807, 2.05) is 50.2 Å². The summed E-state index contributed by atoms with van der Waals surface area (Å²) in [6.45, 7) is 4.40. The molecule has 0 saturated carbocycles. The topological polar surface area (TPSA) is 66.9 Å². The summed E-state index contributed by atoms with van der Waals surface area (Å²) in [5.41, 5.74) is 4.34. The van der Waals surface area contributed by atoms with E-state index < -0.39 is 0 Å². The number of hydrogen-bond donors (Lipinski definition) is 2. The minimum atomic E-state index is -0.281. The van der Waals surface area contributed by atoms with Crippen LogP contribution in [0, 0.1) is 13.8 Å². The van der Waals surface area contributed by atoms with E-state index in [-0.39, 0.29) is 5.91 Å². The van der Waals surface area contributed by atoms with E-state index in [1.54, 1.807) is 18.3 Å². The molecule has 0 spiro atoms. The molecule has 3 aromatic rings. The van der Waals surface area contributed by atoms with Gasteiger partial charge in [0.1, 0.15) is 5.69 Å². The minimum absolute atomic E-state index is 0.281. The van der Waals surface area contributed by atoms with E-state index in [2.05, 4.69) is 20.6 Å². The van der Waals surface area contributed by atoms with E-state index >= 15 is 0 Å². The SMILES string of the molecule is Cc1cccc(Nc2nccc(C(=O)NCc3ccccc3Cl)n2)c1C. The molecule has 0 unspecified atom stereocenters. The van der Waals surface area contributed by atoms with Gasteiger partial charge in [-0.3, -0.25) is 4.79 Å². The lowest BCUT2D eigenvalue weighted by Gasteiger charge is -2.11. The molecule has 2 aromatic carbocycles. The van der Waals surface area contributed by atoms with Crippen LogP contribution in [0.25, 0.3) is 0 Å². The Hall–Kier alpha value is -2.92. The number of aromatic nitrogens is 2. The molecule has 0 fully saturated rings. The quantitative estimate of drug-likeness (QED) is 0.701. The highest BCUT2D eigenvalue weighted by molar-refractivity contribution is 6.31. The number of amides is 1. The van der Waals surface area contributed by atoms with E-state index in [1.165, 1.54) is 5.56 Å². The van der Waals surface area contributed by atoms with Crippen molar-refractivity contribution in [2.75, 3.05) is 5.32 Å². The van der Waals surface area contributed by atoms with Gasteiger partial charge in [0.15, 0.2) is 0 Å². The fourth-order valence-corrected chi connectivity index (χ4v) is 2.66. The van der Waals surface area contributed by atoms with Crippen molar-refractivity contribution in [2.24, 2.45) is 0 Å². The number of halogens is 1. The maximum absolute atomic E-state index is 12.4. The number of rotatable bonds is 5. The van der Waals surface area contributed by atoms with Crippen molar-refractivity contribution in [1.82, 2.24) is 15.3 Å². The molecular weight excluding hydrogens is 348 g/mol. The second kappa shape index (κ2) is 7.97. The van der Waals surface area contributed by atoms with Gasteiger partial charge >= 0.3 is 0 Å². The van der Waals surface area contributed by atoms with Crippen molar-refractivity contribution < 1.29 is 4.79 Å². The molecule has 0 atom stereocenters. The molecule has 0 aliphatic heterocycles. The molecule has 1 heterocycles. The highest BCUT2D eigenvalue weighted by Crippen LogP contribution is 2.21. The number of benzene rings is 2. The number of carbonyl (C=O) groups is 1. The first kappa shape index (κ1) is 17.9. The average Bonchev–Trinajstić information content (AvgIpc) is 2.65. The van der Waals surface area contributed by atoms with Crippen molar-refractivity contribution in [1.29, 1.82) is 0 Å². The van der Waals surface area contributed by atoms with Crippen LogP contribution in [0.2, 0.25) is 5.02 Å². The molecule has 132 valence electrons. The van der Waals surface area contributed by atoms with Crippen molar-refractivity contribution >= 4 is 29.1 Å². The Balaban J connectivity index is 1.71. The highest BCUT2D eigenvalue weighted by atomic mass is 35.5. The smallest absolute Gasteiger partial charge is 0.270 e. The van der Waals surface area contributed by atoms with Crippen LogP contribution < -0.4 is 10.6 Å². The molecular formula is C20H19ClN4O. The Morgan fingerprint density at radius 3 is 2.69 bits per heavy atom. The largest absolute Gasteiger partial charge is 0.347 e. The molecule has 0 saturated heterocycles. The Labute approximate surface area is 157 Å². The van der Waals surface area contributed by atoms with Crippen LogP contribution in [0.15, 0.2) is 54.7 Å². The summed E-state index contributed by atoms with van der Waals surface area (Å²) in [5, 5.41) is 6.61. The molecule has 0 aliphatic rings. The lowest BCUT2D eigenvalue weighted by molar-refractivity contribution is 0.0946. The monoisotopic (exact) mass is 366 g/mol. The predicted molar refractivity (Wildman–Crippen MR) is 104 cm³/mol. The van der Waals surface area contributed by atoms with Gasteiger partial charge in [-0.25, -0.2) is 9.97 Å². The number of hydrogen-bond acceptors (Lipinski definition) is 4. The van der Waals surface area contributed by atoms with Crippen LogP contribution in [0.5, 0.6) is 0 Å². The minimum Gasteiger partial charge on any atom is -0.347 e. The standard InChI is InChI=1S/C20H19ClN4O/c1-13-6-5-9-17(14(13)2)24-20-22-11-10-18(25-20)19(26)23-12-15-7-3-4-8-16(15)21/h3-11H,12H2,1-2H3,(H,23,26)(H,22,24,25). The highest BCUT2D eigenvalue weighted by Gasteiger charge is 2.10. The summed E-state index contributed by atoms with van der Waals surface area (Å²) >= 11 is 6.11. The predicted octanol–water partition coefficient (Wildman–Crippen LogP) is 4.42. The van der Waals surface area contributed by atoms with Gasteiger partial charge in [-0.15, -0.1) is 0 Å². The summed E-state index contributed by atoms with van der Waals surface area (Å²) < 4.78 is 0. The Morgan fingerprint density at radius 1 is 1.08 bits per heavy atom. The number of carbonyl (C=O) groups excluding carboxylic acids is 1. The van der Waals surface area contributed by atoms with Crippen LogP contribution in [0.4, 0.5) is 11.6 Å². The first-order valence-corrected chi connectivity index (χ1v) is 8.60. The molecule has 5 nitrogen and oxygen atoms in total. The lowest BCUT2D eigenvalue weighted by Crippen LogP contribution is -2.24. The van der Waals surface area contributed by atoms with Gasteiger partial charge in [0.25, 0.3) is 5.91 Å². The van der Waals surface area contributed by atoms with Crippen LogP contribution in [-0.2, 0) is 6.54 Å². The van der Waals surface area contributed by atoms with Gasteiger partial charge in [-0.05, 0) is 48.7 Å². The molecule has 1 amide bonds. The second-order valence-corrected chi connectivity index (χ2v) is 6.32. The molecule has 2 N–H and O–H groups in total. The van der Waals surface area contributed by atoms with Crippen LogP contribution in [0.1, 0.15) is 27.2 Å². The van der Waals surface area contributed by atoms with Gasteiger partial charge in [-0.1, -0.05) is 41.9 Å². The zero-order valence-electron chi connectivity index (χ0n) is 14.6. The molecule has 1 aromatic heterocycles. The molecule has 0 aliphatic carbocycles. The third kappa shape index (κ3) is 4.18. The van der Waals surface area contributed by atoms with Crippen molar-refractivity contribution in [2.45, 2.75) is 20.4 Å². The fraction of sp³-hybridized carbons (Fsp3) is 0.150. The van der Waals surface area contributed by atoms with E-state index in [0.29, 0.717) is 23.2 Å². The van der Waals surface area contributed by atoms with E-state index in [9.17, 15) is 4.79 Å². The summed E-state index contributed by atoms with van der Waals surface area (Å²) in [5.74, 6) is 0.0976. The first-order valence-electron chi connectivity index (χ1n) is 8.22. The summed E-state index contributed by atoms with van der Waals surface area (Å²) in [6, 6.07) is 14.9. The lowest BCUT2D eigenvalue weighted by atomic mass is 10.1. The Morgan fingerprint density at radius 2 is 1.88 bits per heavy atom. The van der Waals surface area contributed by atoms with Crippen molar-refractivity contribution in [3.63, 3.8) is 0 Å². The van der Waals surface area contributed by atoms with Gasteiger partial charge in [0, 0.05) is 23.5 Å². The van der Waals surface area contributed by atoms with Gasteiger partial charge < -0.3 is 10.6 Å². The molecule has 0 radical (unpaired) electrons. The van der Waals surface area contributed by atoms with Crippen molar-refractivity contribution in [3.8, 4) is 0 Å². The third-order valence-corrected chi connectivity index (χ3v) is 4.51. The second-order valence-electron chi connectivity index (χ2n) is 5.91. The molecule has 0 bridgehead atoms. The number of nitrogens with one attached hydrogen (secondary N) is 2. The zero-order valence-corrected chi connectivity index (χ0v) is 15.3. The van der Waals surface area contributed by atoms with Gasteiger partial charge in [-0.2, -0.15) is 0 Å². The zero-order chi connectivity index (χ0) is 18.5. The van der Waals surface area contributed by atoms with E-state index in [4.69, 9.17) is 11.6 Å². The fourth-order valence-electron chi connectivity index (χ4n) is 2.46. The Kier molecular flexibility index (Phi) is 5.49. The summed E-state index contributed by atoms with van der Waals surface area (Å²) in [6.07, 6.45) is 1.56. The van der Waals surface area contributed by atoms with Gasteiger partial charge in [0.2, 0.25) is 5.95 Å². The normalized spacial score (nSPS) is 10.4. The number of anilines is 2. The van der Waals surface area contributed by atoms with Crippen LogP contribution in [0.3, 0.4) is 0 Å². The maximum Gasteiger partial charge on any atom is 0.270 e. The number of nitrogens with zero attached hydrogens (tertiary/aromatic N) is 2. The van der Waals surface area contributed by atoms with Crippen LogP contribution >= 0.6 is 11.6 Å².